The fraction of sp³-hybridized carbons (Fsp3) is 0.231. The van der Waals surface area contributed by atoms with Crippen molar-refractivity contribution < 1.29 is 34.4 Å². The Kier molecular flexibility index (Phi) is 6.81. The van der Waals surface area contributed by atoms with Crippen LogP contribution >= 0.6 is 0 Å². The maximum atomic E-state index is 13.1. The molecule has 0 heterocycles. The zero-order valence-corrected chi connectivity index (χ0v) is 18.3. The molecule has 2 atom stereocenters. The average Bonchev–Trinajstić information content (AvgIpc) is 2.85. The Labute approximate surface area is 196 Å². The molecular weight excluding hydrogens is 438 g/mol. The highest BCUT2D eigenvalue weighted by molar-refractivity contribution is 5.95. The van der Waals surface area contributed by atoms with E-state index in [9.17, 15) is 19.8 Å². The third kappa shape index (κ3) is 4.88. The van der Waals surface area contributed by atoms with Gasteiger partial charge in [-0.2, -0.15) is 0 Å². The van der Waals surface area contributed by atoms with Crippen LogP contribution in [0.3, 0.4) is 0 Å². The quantitative estimate of drug-likeness (QED) is 0.487. The summed E-state index contributed by atoms with van der Waals surface area (Å²) in [6, 6.07) is 22.9. The third-order valence-corrected chi connectivity index (χ3v) is 5.79. The van der Waals surface area contributed by atoms with Crippen LogP contribution in [0.25, 0.3) is 0 Å². The number of rotatable bonds is 7. The van der Waals surface area contributed by atoms with Gasteiger partial charge in [-0.15, -0.1) is 0 Å². The van der Waals surface area contributed by atoms with Crippen molar-refractivity contribution in [3.63, 3.8) is 0 Å². The van der Waals surface area contributed by atoms with Crippen LogP contribution in [-0.4, -0.2) is 46.2 Å². The predicted molar refractivity (Wildman–Crippen MR) is 124 cm³/mol. The lowest BCUT2D eigenvalue weighted by Crippen LogP contribution is -2.46. The third-order valence-electron chi connectivity index (χ3n) is 5.79. The van der Waals surface area contributed by atoms with E-state index in [2.05, 4.69) is 0 Å². The van der Waals surface area contributed by atoms with Crippen LogP contribution in [0, 0.1) is 0 Å². The van der Waals surface area contributed by atoms with Gasteiger partial charge in [0.25, 0.3) is 0 Å². The van der Waals surface area contributed by atoms with Crippen molar-refractivity contribution >= 4 is 23.4 Å². The highest BCUT2D eigenvalue weighted by Gasteiger charge is 2.43. The number of nitrogens with zero attached hydrogens (tertiary/aromatic N) is 1. The number of aliphatic hydroxyl groups is 2. The van der Waals surface area contributed by atoms with Gasteiger partial charge in [-0.25, -0.2) is 14.5 Å². The number of ether oxygens (including phenoxy) is 2. The minimum atomic E-state index is -1.72. The minimum absolute atomic E-state index is 0.0958. The number of para-hydroxylation sites is 2. The van der Waals surface area contributed by atoms with E-state index in [0.717, 1.165) is 0 Å². The summed E-state index contributed by atoms with van der Waals surface area (Å²) in [5.74, 6) is -0.768. The molecule has 1 aliphatic rings. The number of benzene rings is 3. The summed E-state index contributed by atoms with van der Waals surface area (Å²) in [7, 11) is 0. The van der Waals surface area contributed by atoms with Gasteiger partial charge in [0.05, 0.1) is 11.4 Å². The van der Waals surface area contributed by atoms with Crippen molar-refractivity contribution in [2.75, 3.05) is 18.1 Å². The number of carboxylic acids is 1. The Morgan fingerprint density at radius 1 is 0.941 bits per heavy atom. The van der Waals surface area contributed by atoms with Gasteiger partial charge in [-0.05, 0) is 48.7 Å². The maximum absolute atomic E-state index is 13.1. The molecule has 176 valence electrons. The molecule has 0 unspecified atom stereocenters. The molecule has 1 amide bonds. The number of aliphatic carboxylic acids is 1. The molecular formula is C26H25NO7. The monoisotopic (exact) mass is 463 g/mol. The minimum Gasteiger partial charge on any atom is -0.482 e. The number of carbonyl (C=O) groups excluding carboxylic acids is 1. The van der Waals surface area contributed by atoms with E-state index in [-0.39, 0.29) is 6.42 Å². The topological polar surface area (TPSA) is 117 Å². The molecule has 3 N–H and O–H groups in total. The summed E-state index contributed by atoms with van der Waals surface area (Å²) in [5.41, 5.74) is 0.520. The second-order valence-electron chi connectivity index (χ2n) is 8.07. The summed E-state index contributed by atoms with van der Waals surface area (Å²) in [6.45, 7) is -0.938. The Morgan fingerprint density at radius 3 is 2.15 bits per heavy atom. The summed E-state index contributed by atoms with van der Waals surface area (Å²) in [5, 5.41) is 31.0. The normalized spacial score (nSPS) is 19.1. The molecule has 0 saturated carbocycles. The smallest absolute Gasteiger partial charge is 0.419 e. The first kappa shape index (κ1) is 23.3. The molecule has 0 radical (unpaired) electrons. The SMILES string of the molecule is O=C(O)COc1cccc2c1CC[C@](O)(COC(=O)N(c1ccccc1)c1ccccc1)[C@@H]2O. The van der Waals surface area contributed by atoms with Crippen molar-refractivity contribution in [1.29, 1.82) is 0 Å². The molecule has 0 bridgehead atoms. The molecule has 8 heteroatoms. The molecule has 0 saturated heterocycles. The number of carbonyl (C=O) groups is 2. The molecule has 0 spiro atoms. The van der Waals surface area contributed by atoms with Gasteiger partial charge in [0.15, 0.2) is 6.61 Å². The summed E-state index contributed by atoms with van der Waals surface area (Å²) in [6.07, 6.45) is -1.63. The molecule has 0 aliphatic heterocycles. The molecule has 3 aromatic carbocycles. The Bertz CT molecular complexity index is 1110. The van der Waals surface area contributed by atoms with Gasteiger partial charge in [0.1, 0.15) is 24.1 Å². The number of carboxylic acid groups (broad SMARTS) is 1. The van der Waals surface area contributed by atoms with Crippen molar-refractivity contribution in [1.82, 2.24) is 0 Å². The average molecular weight is 463 g/mol. The zero-order chi connectivity index (χ0) is 24.1. The van der Waals surface area contributed by atoms with Crippen LogP contribution in [-0.2, 0) is 16.0 Å². The van der Waals surface area contributed by atoms with E-state index in [1.54, 1.807) is 66.7 Å². The number of aliphatic hydroxyl groups excluding tert-OH is 1. The Morgan fingerprint density at radius 2 is 1.56 bits per heavy atom. The van der Waals surface area contributed by atoms with Crippen LogP contribution in [0.2, 0.25) is 0 Å². The Hall–Kier alpha value is -3.88. The first-order valence-electron chi connectivity index (χ1n) is 10.8. The molecule has 0 fully saturated rings. The van der Waals surface area contributed by atoms with E-state index >= 15 is 0 Å². The first-order chi connectivity index (χ1) is 16.4. The second-order valence-corrected chi connectivity index (χ2v) is 8.07. The van der Waals surface area contributed by atoms with Crippen molar-refractivity contribution in [2.24, 2.45) is 0 Å². The number of amides is 1. The zero-order valence-electron chi connectivity index (χ0n) is 18.3. The summed E-state index contributed by atoms with van der Waals surface area (Å²) < 4.78 is 10.8. The van der Waals surface area contributed by atoms with Gasteiger partial charge in [-0.3, -0.25) is 0 Å². The number of anilines is 2. The van der Waals surface area contributed by atoms with Crippen LogP contribution in [0.5, 0.6) is 5.75 Å². The lowest BCUT2D eigenvalue weighted by molar-refractivity contribution is -0.139. The van der Waals surface area contributed by atoms with E-state index in [4.69, 9.17) is 14.6 Å². The van der Waals surface area contributed by atoms with Gasteiger partial charge in [-0.1, -0.05) is 48.5 Å². The second kappa shape index (κ2) is 9.94. The highest BCUT2D eigenvalue weighted by Crippen LogP contribution is 2.41. The van der Waals surface area contributed by atoms with Gasteiger partial charge in [0.2, 0.25) is 0 Å². The largest absolute Gasteiger partial charge is 0.482 e. The van der Waals surface area contributed by atoms with E-state index in [1.165, 1.54) is 4.90 Å². The van der Waals surface area contributed by atoms with E-state index in [1.807, 2.05) is 12.1 Å². The van der Waals surface area contributed by atoms with Crippen molar-refractivity contribution in [2.45, 2.75) is 24.5 Å². The highest BCUT2D eigenvalue weighted by atomic mass is 16.6. The molecule has 3 aromatic rings. The lowest BCUT2D eigenvalue weighted by atomic mass is 9.78. The van der Waals surface area contributed by atoms with E-state index < -0.39 is 37.0 Å². The fourth-order valence-electron chi connectivity index (χ4n) is 4.07. The van der Waals surface area contributed by atoms with Gasteiger partial charge >= 0.3 is 12.1 Å². The summed E-state index contributed by atoms with van der Waals surface area (Å²) in [4.78, 5) is 25.4. The van der Waals surface area contributed by atoms with Crippen LogP contribution in [0.4, 0.5) is 16.2 Å². The summed E-state index contributed by atoms with van der Waals surface area (Å²) >= 11 is 0. The molecule has 4 rings (SSSR count). The fourth-order valence-corrected chi connectivity index (χ4v) is 4.07. The maximum Gasteiger partial charge on any atom is 0.419 e. The van der Waals surface area contributed by atoms with Crippen LogP contribution < -0.4 is 9.64 Å². The number of hydrogen-bond donors (Lipinski definition) is 3. The Balaban J connectivity index is 1.52. The molecule has 1 aliphatic carbocycles. The van der Waals surface area contributed by atoms with Crippen LogP contribution in [0.15, 0.2) is 78.9 Å². The first-order valence-corrected chi connectivity index (χ1v) is 10.8. The molecule has 0 aromatic heterocycles. The number of fused-ring (bicyclic) bond motifs is 1. The van der Waals surface area contributed by atoms with Gasteiger partial charge < -0.3 is 24.8 Å². The lowest BCUT2D eigenvalue weighted by Gasteiger charge is -2.38. The van der Waals surface area contributed by atoms with E-state index in [0.29, 0.717) is 34.7 Å². The van der Waals surface area contributed by atoms with Crippen molar-refractivity contribution in [3.05, 3.63) is 90.0 Å². The predicted octanol–water partition coefficient (Wildman–Crippen LogP) is 3.84. The number of hydrogen-bond acceptors (Lipinski definition) is 6. The van der Waals surface area contributed by atoms with Gasteiger partial charge in [0, 0.05) is 5.56 Å². The standard InChI is InChI=1S/C26H25NO7/c28-23(29)16-33-22-13-7-12-21-20(22)14-15-26(32,24(21)30)17-34-25(31)27(18-8-3-1-4-9-18)19-10-5-2-6-11-19/h1-13,24,30,32H,14-17H2,(H,28,29)/t24-,26+/m1/s1. The van der Waals surface area contributed by atoms with Crippen LogP contribution in [0.1, 0.15) is 23.7 Å². The molecule has 8 nitrogen and oxygen atoms in total. The van der Waals surface area contributed by atoms with Crippen molar-refractivity contribution in [3.8, 4) is 5.75 Å². The molecule has 34 heavy (non-hydrogen) atoms.